The van der Waals surface area contributed by atoms with E-state index in [2.05, 4.69) is 57.9 Å². The average molecular weight is 669 g/mol. The number of likely N-dealkylation sites (N-methyl/N-ethyl adjacent to an activating group) is 1. The highest BCUT2D eigenvalue weighted by Crippen LogP contribution is 2.34. The van der Waals surface area contributed by atoms with E-state index in [1.807, 2.05) is 36.5 Å². The highest BCUT2D eigenvalue weighted by Gasteiger charge is 2.21. The van der Waals surface area contributed by atoms with Crippen LogP contribution in [0.15, 0.2) is 125 Å². The van der Waals surface area contributed by atoms with E-state index in [4.69, 9.17) is 13.9 Å². The number of carbonyl (C=O) groups excluding carboxylic acids is 2. The maximum Gasteiger partial charge on any atom is 0.291 e. The van der Waals surface area contributed by atoms with Crippen LogP contribution in [-0.2, 0) is 13.0 Å². The fraction of sp³-hybridized carbons (Fsp3) is 0.150. The van der Waals surface area contributed by atoms with Gasteiger partial charge in [0, 0.05) is 43.3 Å². The Labute approximate surface area is 289 Å². The highest BCUT2D eigenvalue weighted by molar-refractivity contribution is 6.12. The third-order valence-electron chi connectivity index (χ3n) is 8.24. The van der Waals surface area contributed by atoms with Crippen molar-refractivity contribution in [2.45, 2.75) is 13.0 Å². The fourth-order valence-electron chi connectivity index (χ4n) is 5.62. The van der Waals surface area contributed by atoms with Crippen LogP contribution in [0.25, 0.3) is 22.1 Å². The number of ether oxygens (including phenoxy) is 2. The smallest absolute Gasteiger partial charge is 0.291 e. The van der Waals surface area contributed by atoms with E-state index in [0.717, 1.165) is 42.3 Å². The third-order valence-corrected chi connectivity index (χ3v) is 8.24. The SMILES string of the molecule is COc1cc(NC(=O)c2cc(=O)c3ccccc3o2)c(C(=O)Nc2ccc(CCN(C)Cc3cccc(-c4cccnc4)c3)cc2)cc1OC. The molecule has 2 N–H and O–H groups in total. The number of pyridine rings is 1. The molecule has 2 aromatic heterocycles. The third kappa shape index (κ3) is 7.88. The number of para-hydroxylation sites is 1. The van der Waals surface area contributed by atoms with Gasteiger partial charge in [-0.05, 0) is 78.2 Å². The summed E-state index contributed by atoms with van der Waals surface area (Å²) in [7, 11) is 5.00. The van der Waals surface area contributed by atoms with Crippen LogP contribution < -0.4 is 25.5 Å². The number of hydrogen-bond acceptors (Lipinski definition) is 8. The van der Waals surface area contributed by atoms with Gasteiger partial charge in [-0.1, -0.05) is 48.5 Å². The monoisotopic (exact) mass is 668 g/mol. The van der Waals surface area contributed by atoms with E-state index >= 15 is 0 Å². The minimum absolute atomic E-state index is 0.123. The van der Waals surface area contributed by atoms with Gasteiger partial charge in [0.2, 0.25) is 0 Å². The predicted molar refractivity (Wildman–Crippen MR) is 194 cm³/mol. The van der Waals surface area contributed by atoms with Crippen LogP contribution in [0.1, 0.15) is 32.0 Å². The van der Waals surface area contributed by atoms with Gasteiger partial charge < -0.3 is 29.4 Å². The number of hydrogen-bond donors (Lipinski definition) is 2. The summed E-state index contributed by atoms with van der Waals surface area (Å²) >= 11 is 0. The van der Waals surface area contributed by atoms with Crippen molar-refractivity contribution in [1.29, 1.82) is 0 Å². The molecule has 0 unspecified atom stereocenters. The van der Waals surface area contributed by atoms with Crippen molar-refractivity contribution in [3.8, 4) is 22.6 Å². The largest absolute Gasteiger partial charge is 0.493 e. The second-order valence-electron chi connectivity index (χ2n) is 11.8. The minimum Gasteiger partial charge on any atom is -0.493 e. The highest BCUT2D eigenvalue weighted by atomic mass is 16.5. The Bertz CT molecular complexity index is 2200. The number of rotatable bonds is 12. The lowest BCUT2D eigenvalue weighted by molar-refractivity contribution is 0.0997. The lowest BCUT2D eigenvalue weighted by Gasteiger charge is -2.18. The number of anilines is 2. The molecule has 6 aromatic rings. The molecule has 0 aliphatic carbocycles. The van der Waals surface area contributed by atoms with Gasteiger partial charge in [-0.2, -0.15) is 0 Å². The number of nitrogens with one attached hydrogen (secondary N) is 2. The van der Waals surface area contributed by atoms with Crippen molar-refractivity contribution < 1.29 is 23.5 Å². The summed E-state index contributed by atoms with van der Waals surface area (Å²) in [6.07, 6.45) is 4.47. The summed E-state index contributed by atoms with van der Waals surface area (Å²) in [6.45, 7) is 1.65. The van der Waals surface area contributed by atoms with E-state index in [0.29, 0.717) is 22.6 Å². The fourth-order valence-corrected chi connectivity index (χ4v) is 5.62. The predicted octanol–water partition coefficient (Wildman–Crippen LogP) is 7.05. The lowest BCUT2D eigenvalue weighted by atomic mass is 10.0. The normalized spacial score (nSPS) is 11.0. The summed E-state index contributed by atoms with van der Waals surface area (Å²) in [4.78, 5) is 46.0. The van der Waals surface area contributed by atoms with Gasteiger partial charge in [-0.3, -0.25) is 19.4 Å². The molecule has 6 rings (SSSR count). The Morgan fingerprint density at radius 3 is 2.30 bits per heavy atom. The molecular weight excluding hydrogens is 632 g/mol. The molecule has 2 amide bonds. The van der Waals surface area contributed by atoms with Gasteiger partial charge >= 0.3 is 0 Å². The Balaban J connectivity index is 1.12. The first-order valence-electron chi connectivity index (χ1n) is 16.0. The number of methoxy groups -OCH3 is 2. The quantitative estimate of drug-likeness (QED) is 0.142. The molecule has 252 valence electrons. The van der Waals surface area contributed by atoms with Crippen molar-refractivity contribution in [3.63, 3.8) is 0 Å². The number of benzene rings is 4. The van der Waals surface area contributed by atoms with Crippen molar-refractivity contribution in [2.75, 3.05) is 38.4 Å². The molecule has 10 heteroatoms. The van der Waals surface area contributed by atoms with E-state index in [9.17, 15) is 14.4 Å². The average Bonchev–Trinajstić information content (AvgIpc) is 3.14. The summed E-state index contributed by atoms with van der Waals surface area (Å²) in [5.41, 5.74) is 5.33. The number of nitrogens with zero attached hydrogens (tertiary/aromatic N) is 2. The van der Waals surface area contributed by atoms with E-state index in [-0.39, 0.29) is 28.0 Å². The molecule has 0 saturated carbocycles. The van der Waals surface area contributed by atoms with Crippen molar-refractivity contribution >= 4 is 34.2 Å². The molecule has 0 aliphatic rings. The zero-order valence-electron chi connectivity index (χ0n) is 27.9. The molecule has 0 radical (unpaired) electrons. The van der Waals surface area contributed by atoms with Crippen LogP contribution >= 0.6 is 0 Å². The maximum atomic E-state index is 13.6. The maximum absolute atomic E-state index is 13.6. The van der Waals surface area contributed by atoms with Gasteiger partial charge in [0.05, 0.1) is 30.9 Å². The number of amides is 2. The first-order valence-corrected chi connectivity index (χ1v) is 16.0. The molecule has 2 heterocycles. The van der Waals surface area contributed by atoms with Crippen molar-refractivity contribution in [1.82, 2.24) is 9.88 Å². The molecular formula is C40H36N4O6. The van der Waals surface area contributed by atoms with Crippen LogP contribution in [0.4, 0.5) is 11.4 Å². The molecule has 0 bridgehead atoms. The molecule has 10 nitrogen and oxygen atoms in total. The van der Waals surface area contributed by atoms with E-state index < -0.39 is 11.8 Å². The number of carbonyl (C=O) groups is 2. The zero-order chi connectivity index (χ0) is 35.0. The van der Waals surface area contributed by atoms with Crippen LogP contribution in [0.2, 0.25) is 0 Å². The van der Waals surface area contributed by atoms with Crippen molar-refractivity contribution in [3.05, 3.63) is 148 Å². The standard InChI is InChI=1S/C40H36N4O6/c1-44(25-27-8-6-9-28(20-27)29-10-7-18-41-24-29)19-17-26-13-15-30(16-14-26)42-39(46)32-21-36(48-2)37(49-3)22-33(32)43-40(47)38-23-34(45)31-11-4-5-12-35(31)50-38/h4-16,18,20-24H,17,19,25H2,1-3H3,(H,42,46)(H,43,47). The number of aromatic nitrogens is 1. The van der Waals surface area contributed by atoms with Gasteiger partial charge in [0.25, 0.3) is 11.8 Å². The Kier molecular flexibility index (Phi) is 10.3. The number of fused-ring (bicyclic) bond motifs is 1. The summed E-state index contributed by atoms with van der Waals surface area (Å²) < 4.78 is 16.5. The Morgan fingerprint density at radius 1 is 0.780 bits per heavy atom. The molecule has 0 aliphatic heterocycles. The lowest BCUT2D eigenvalue weighted by Crippen LogP contribution is -2.21. The van der Waals surface area contributed by atoms with Crippen LogP contribution in [0.5, 0.6) is 11.5 Å². The Morgan fingerprint density at radius 2 is 1.54 bits per heavy atom. The first-order chi connectivity index (χ1) is 24.3. The summed E-state index contributed by atoms with van der Waals surface area (Å²) in [5, 5.41) is 5.96. The van der Waals surface area contributed by atoms with Gasteiger partial charge in [0.1, 0.15) is 5.58 Å². The van der Waals surface area contributed by atoms with Crippen molar-refractivity contribution in [2.24, 2.45) is 0 Å². The Hall–Kier alpha value is -6.26. The molecule has 0 atom stereocenters. The van der Waals surface area contributed by atoms with Gasteiger partial charge in [-0.25, -0.2) is 0 Å². The zero-order valence-corrected chi connectivity index (χ0v) is 27.9. The first kappa shape index (κ1) is 33.6. The minimum atomic E-state index is -0.704. The van der Waals surface area contributed by atoms with Crippen LogP contribution in [0, 0.1) is 0 Å². The van der Waals surface area contributed by atoms with E-state index in [1.54, 1.807) is 30.5 Å². The van der Waals surface area contributed by atoms with Gasteiger partial charge in [-0.15, -0.1) is 0 Å². The van der Waals surface area contributed by atoms with Crippen LogP contribution in [0.3, 0.4) is 0 Å². The molecule has 0 fully saturated rings. The summed E-state index contributed by atoms with van der Waals surface area (Å²) in [5.74, 6) is -0.785. The topological polar surface area (TPSA) is 123 Å². The molecule has 0 saturated heterocycles. The second kappa shape index (κ2) is 15.3. The molecule has 4 aromatic carbocycles. The molecule has 0 spiro atoms. The van der Waals surface area contributed by atoms with Gasteiger partial charge in [0.15, 0.2) is 22.7 Å². The second-order valence-corrected chi connectivity index (χ2v) is 11.8. The van der Waals surface area contributed by atoms with Crippen LogP contribution in [-0.4, -0.2) is 49.5 Å². The van der Waals surface area contributed by atoms with E-state index in [1.165, 1.54) is 31.9 Å². The summed E-state index contributed by atoms with van der Waals surface area (Å²) in [6, 6.07) is 30.9. The molecule has 50 heavy (non-hydrogen) atoms.